The first-order valence-corrected chi connectivity index (χ1v) is 25.9. The Labute approximate surface area is 423 Å². The number of carbonyl (C=O) groups is 7. The first-order valence-electron chi connectivity index (χ1n) is 25.9. The van der Waals surface area contributed by atoms with Crippen LogP contribution >= 0.6 is 0 Å². The van der Waals surface area contributed by atoms with Crippen molar-refractivity contribution in [3.8, 4) is 5.75 Å². The molecule has 388 valence electrons. The van der Waals surface area contributed by atoms with E-state index >= 15 is 0 Å². The van der Waals surface area contributed by atoms with Crippen molar-refractivity contribution in [3.63, 3.8) is 0 Å². The van der Waals surface area contributed by atoms with Crippen LogP contribution in [0.4, 0.5) is 21.0 Å². The number of rotatable bonds is 16. The molecule has 8 atom stereocenters. The SMILES string of the molecule is CCC(=O)N[C@H](C(=O)N[C@@H](CCCNC(N)=O)C(=O)Nc1ccc(COC(=O)Nc2ccc3c(c2)[C@@]2(C)CCC[C@](C)(C(=O)NC(=O)[C@@]4(C)CCC[C@]5(C)c6cc(O)ccc6CCC45)[C@@H]2CC3)cc1)C(C)C. The van der Waals surface area contributed by atoms with E-state index in [1.807, 2.05) is 44.2 Å². The molecule has 1 unspecified atom stereocenters. The number of anilines is 2. The summed E-state index contributed by atoms with van der Waals surface area (Å²) in [5, 5.41) is 27.1. The van der Waals surface area contributed by atoms with Crippen molar-refractivity contribution in [2.45, 2.75) is 161 Å². The van der Waals surface area contributed by atoms with Crippen LogP contribution in [0, 0.1) is 28.6 Å². The summed E-state index contributed by atoms with van der Waals surface area (Å²) in [7, 11) is 0. The van der Waals surface area contributed by atoms with Gasteiger partial charge >= 0.3 is 12.1 Å². The van der Waals surface area contributed by atoms with Crippen LogP contribution in [0.2, 0.25) is 0 Å². The van der Waals surface area contributed by atoms with Crippen molar-refractivity contribution in [3.05, 3.63) is 88.5 Å². The molecule has 72 heavy (non-hydrogen) atoms. The van der Waals surface area contributed by atoms with E-state index in [0.29, 0.717) is 36.2 Å². The Kier molecular flexibility index (Phi) is 16.1. The molecule has 4 aliphatic rings. The zero-order valence-corrected chi connectivity index (χ0v) is 43.1. The molecule has 0 aromatic heterocycles. The van der Waals surface area contributed by atoms with Gasteiger partial charge in [0.15, 0.2) is 0 Å². The van der Waals surface area contributed by atoms with Crippen LogP contribution in [0.5, 0.6) is 5.75 Å². The van der Waals surface area contributed by atoms with Crippen LogP contribution in [0.1, 0.15) is 147 Å². The van der Waals surface area contributed by atoms with Gasteiger partial charge in [0.2, 0.25) is 29.5 Å². The van der Waals surface area contributed by atoms with Gasteiger partial charge in [0, 0.05) is 24.3 Å². The molecule has 0 aliphatic heterocycles. The van der Waals surface area contributed by atoms with E-state index in [9.17, 15) is 38.7 Å². The minimum atomic E-state index is -0.990. The van der Waals surface area contributed by atoms with E-state index in [4.69, 9.17) is 10.5 Å². The Morgan fingerprint density at radius 3 is 1.86 bits per heavy atom. The van der Waals surface area contributed by atoms with Crippen LogP contribution in [-0.4, -0.2) is 65.4 Å². The number of hydrogen-bond donors (Lipinski definition) is 8. The number of urea groups is 1. The highest BCUT2D eigenvalue weighted by Gasteiger charge is 2.58. The zero-order valence-electron chi connectivity index (χ0n) is 43.1. The molecule has 16 heteroatoms. The van der Waals surface area contributed by atoms with Crippen molar-refractivity contribution in [2.24, 2.45) is 34.3 Å². The number of aryl methyl sites for hydroxylation is 2. The Bertz CT molecular complexity index is 2570. The minimum absolute atomic E-state index is 0.0238. The fourth-order valence-corrected chi connectivity index (χ4v) is 13.0. The highest BCUT2D eigenvalue weighted by atomic mass is 16.5. The normalized spacial score (nSPS) is 25.9. The van der Waals surface area contributed by atoms with Gasteiger partial charge in [0.05, 0.1) is 10.8 Å². The van der Waals surface area contributed by atoms with E-state index in [1.54, 1.807) is 51.1 Å². The third-order valence-corrected chi connectivity index (χ3v) is 17.0. The predicted molar refractivity (Wildman–Crippen MR) is 275 cm³/mol. The molecule has 2 fully saturated rings. The summed E-state index contributed by atoms with van der Waals surface area (Å²) in [4.78, 5) is 92.7. The summed E-state index contributed by atoms with van der Waals surface area (Å²) in [6, 6.07) is 15.7. The maximum atomic E-state index is 14.7. The number of nitrogens with one attached hydrogen (secondary N) is 6. The van der Waals surface area contributed by atoms with Crippen molar-refractivity contribution in [1.29, 1.82) is 0 Å². The van der Waals surface area contributed by atoms with Crippen molar-refractivity contribution < 1.29 is 43.4 Å². The van der Waals surface area contributed by atoms with Gasteiger partial charge in [-0.15, -0.1) is 0 Å². The molecule has 3 aromatic carbocycles. The van der Waals surface area contributed by atoms with Crippen molar-refractivity contribution >= 4 is 53.0 Å². The van der Waals surface area contributed by atoms with Gasteiger partial charge < -0.3 is 36.8 Å². The van der Waals surface area contributed by atoms with Crippen LogP contribution < -0.4 is 37.6 Å². The topological polar surface area (TPSA) is 247 Å². The molecule has 0 bridgehead atoms. The Balaban J connectivity index is 0.960. The van der Waals surface area contributed by atoms with Gasteiger partial charge in [-0.2, -0.15) is 0 Å². The molecule has 9 N–H and O–H groups in total. The second-order valence-corrected chi connectivity index (χ2v) is 22.1. The average Bonchev–Trinajstić information content (AvgIpc) is 3.33. The number of fused-ring (bicyclic) bond motifs is 6. The average molecular weight is 990 g/mol. The van der Waals surface area contributed by atoms with E-state index in [2.05, 4.69) is 45.7 Å². The molecule has 4 aliphatic carbocycles. The van der Waals surface area contributed by atoms with Gasteiger partial charge in [-0.25, -0.2) is 9.59 Å². The fraction of sp³-hybridized carbons (Fsp3) is 0.554. The lowest BCUT2D eigenvalue weighted by molar-refractivity contribution is -0.150. The van der Waals surface area contributed by atoms with Crippen LogP contribution in [0.25, 0.3) is 0 Å². The molecule has 7 rings (SSSR count). The number of amides is 8. The number of primary amides is 1. The second kappa shape index (κ2) is 21.7. The van der Waals surface area contributed by atoms with Gasteiger partial charge in [-0.05, 0) is 157 Å². The van der Waals surface area contributed by atoms with E-state index < -0.39 is 52.3 Å². The largest absolute Gasteiger partial charge is 0.508 e. The fourth-order valence-electron chi connectivity index (χ4n) is 13.0. The number of hydrogen-bond acceptors (Lipinski definition) is 9. The van der Waals surface area contributed by atoms with Gasteiger partial charge in [-0.3, -0.25) is 34.6 Å². The molecular formula is C56H75N7O9. The number of phenolic OH excluding ortho intramolecular Hbond substituents is 1. The van der Waals surface area contributed by atoms with Crippen LogP contribution in [-0.2, 0) is 59.0 Å². The highest BCUT2D eigenvalue weighted by molar-refractivity contribution is 6.01. The van der Waals surface area contributed by atoms with E-state index in [1.165, 1.54) is 11.1 Å². The Morgan fingerprint density at radius 2 is 1.29 bits per heavy atom. The molecule has 0 radical (unpaired) electrons. The minimum Gasteiger partial charge on any atom is -0.508 e. The van der Waals surface area contributed by atoms with Crippen molar-refractivity contribution in [2.75, 3.05) is 17.2 Å². The Morgan fingerprint density at radius 1 is 0.722 bits per heavy atom. The molecule has 0 spiro atoms. The summed E-state index contributed by atoms with van der Waals surface area (Å²) in [5.74, 6) is -1.74. The molecule has 2 saturated carbocycles. The number of phenols is 1. The lowest BCUT2D eigenvalue weighted by Crippen LogP contribution is -2.60. The van der Waals surface area contributed by atoms with E-state index in [-0.39, 0.29) is 72.6 Å². The van der Waals surface area contributed by atoms with Gasteiger partial charge in [0.25, 0.3) is 0 Å². The second-order valence-electron chi connectivity index (χ2n) is 22.1. The highest BCUT2D eigenvalue weighted by Crippen LogP contribution is 2.60. The molecular weight excluding hydrogens is 915 g/mol. The maximum absolute atomic E-state index is 14.7. The number of benzene rings is 3. The lowest BCUT2D eigenvalue weighted by Gasteiger charge is -2.56. The Hall–Kier alpha value is -6.45. The predicted octanol–water partition coefficient (Wildman–Crippen LogP) is 7.93. The zero-order chi connectivity index (χ0) is 52.2. The summed E-state index contributed by atoms with van der Waals surface area (Å²) in [6.07, 6.45) is 8.09. The van der Waals surface area contributed by atoms with Crippen LogP contribution in [0.15, 0.2) is 60.7 Å². The maximum Gasteiger partial charge on any atom is 0.411 e. The van der Waals surface area contributed by atoms with E-state index in [0.717, 1.165) is 62.5 Å². The summed E-state index contributed by atoms with van der Waals surface area (Å²) in [6.45, 7) is 13.9. The first kappa shape index (κ1) is 53.4. The third kappa shape index (κ3) is 11.1. The van der Waals surface area contributed by atoms with Gasteiger partial charge in [-0.1, -0.05) is 85.6 Å². The smallest absolute Gasteiger partial charge is 0.411 e. The summed E-state index contributed by atoms with van der Waals surface area (Å²) < 4.78 is 5.63. The number of aromatic hydroxyl groups is 1. The number of nitrogens with two attached hydrogens (primary N) is 1. The monoisotopic (exact) mass is 990 g/mol. The summed E-state index contributed by atoms with van der Waals surface area (Å²) in [5.41, 5.74) is 9.24. The summed E-state index contributed by atoms with van der Waals surface area (Å²) >= 11 is 0. The quantitative estimate of drug-likeness (QED) is 0.0512. The lowest BCUT2D eigenvalue weighted by atomic mass is 9.49. The molecule has 8 amide bonds. The molecule has 0 saturated heterocycles. The standard InChI is InChI=1S/C56H75N7O9/c1-8-45(65)62-46(33(2)3)48(67)61-42(12-9-29-58-51(57)70)47(66)59-37-19-13-34(14-20-37)32-72-52(71)60-38-21-15-35-17-23-43-53(4,40(35)30-38)25-10-27-55(43,6)49(68)63-50(69)56(7)28-11-26-54(5)41-31-39(64)22-16-36(41)18-24-44(54)56/h13-16,19-22,30-31,33,42-44,46,64H,8-12,17-18,23-29,32H2,1-7H3,(H,59,66)(H,60,71)(H,61,67)(H,62,65)(H3,57,58,70)(H,63,68,69)/t42-,43+,44?,46-,53+,54+,55-,56-/m0/s1. The molecule has 0 heterocycles. The number of ether oxygens (including phenoxy) is 1. The number of imide groups is 1. The van der Waals surface area contributed by atoms with Crippen molar-refractivity contribution in [1.82, 2.24) is 21.3 Å². The number of carbonyl (C=O) groups excluding carboxylic acids is 7. The van der Waals surface area contributed by atoms with Crippen LogP contribution in [0.3, 0.4) is 0 Å². The first-order chi connectivity index (χ1) is 34.1. The molecule has 16 nitrogen and oxygen atoms in total. The molecule has 3 aromatic rings. The van der Waals surface area contributed by atoms with Gasteiger partial charge in [0.1, 0.15) is 24.4 Å². The third-order valence-electron chi connectivity index (χ3n) is 17.0.